The minimum atomic E-state index is -0.240. The zero-order chi connectivity index (χ0) is 23.8. The van der Waals surface area contributed by atoms with Crippen molar-refractivity contribution in [1.29, 1.82) is 0 Å². The first-order chi connectivity index (χ1) is 16.4. The van der Waals surface area contributed by atoms with Crippen LogP contribution in [0.2, 0.25) is 5.02 Å². The molecule has 4 N–H and O–H groups in total. The number of aromatic nitrogens is 3. The van der Waals surface area contributed by atoms with Crippen molar-refractivity contribution in [1.82, 2.24) is 14.5 Å². The summed E-state index contributed by atoms with van der Waals surface area (Å²) < 4.78 is 7.42. The van der Waals surface area contributed by atoms with E-state index in [1.54, 1.807) is 6.07 Å². The van der Waals surface area contributed by atoms with E-state index in [4.69, 9.17) is 27.8 Å². The molecule has 7 nitrogen and oxygen atoms in total. The van der Waals surface area contributed by atoms with Gasteiger partial charge in [0.05, 0.1) is 18.7 Å². The monoisotopic (exact) mass is 493 g/mol. The molecule has 5 rings (SSSR count). The summed E-state index contributed by atoms with van der Waals surface area (Å²) in [6.07, 6.45) is 2.27. The first kappa shape index (κ1) is 22.6. The van der Waals surface area contributed by atoms with Crippen LogP contribution in [0.5, 0.6) is 0 Å². The first-order valence-electron chi connectivity index (χ1n) is 11.0. The van der Waals surface area contributed by atoms with Crippen LogP contribution >= 0.6 is 23.4 Å². The maximum absolute atomic E-state index is 12.3. The maximum Gasteiger partial charge on any atom is 0.310 e. The normalized spacial score (nSPS) is 14.9. The Labute approximate surface area is 206 Å². The van der Waals surface area contributed by atoms with Gasteiger partial charge in [-0.3, -0.25) is 4.79 Å². The number of thioether (sulfide) groups is 1. The summed E-state index contributed by atoms with van der Waals surface area (Å²) in [5.74, 6) is 1.48. The van der Waals surface area contributed by atoms with E-state index in [9.17, 15) is 4.79 Å². The second-order valence-corrected chi connectivity index (χ2v) is 9.75. The average Bonchev–Trinajstić information content (AvgIpc) is 3.34. The molecule has 3 heterocycles. The Morgan fingerprint density at radius 3 is 2.85 bits per heavy atom. The van der Waals surface area contributed by atoms with Gasteiger partial charge in [0, 0.05) is 56.9 Å². The number of anilines is 2. The number of benzene rings is 2. The second kappa shape index (κ2) is 9.19. The van der Waals surface area contributed by atoms with Gasteiger partial charge < -0.3 is 20.8 Å². The molecule has 0 radical (unpaired) electrons. The number of halogens is 1. The van der Waals surface area contributed by atoms with Crippen molar-refractivity contribution < 1.29 is 9.53 Å². The number of carbonyl (C=O) groups excluding carboxylic acids is 1. The third-order valence-corrected chi connectivity index (χ3v) is 7.42. The Kier molecular flexibility index (Phi) is 6.10. The van der Waals surface area contributed by atoms with Gasteiger partial charge in [0.15, 0.2) is 0 Å². The van der Waals surface area contributed by atoms with Crippen LogP contribution in [0.4, 0.5) is 11.8 Å². The van der Waals surface area contributed by atoms with E-state index in [1.807, 2.05) is 36.9 Å². The highest BCUT2D eigenvalue weighted by Crippen LogP contribution is 2.42. The smallest absolute Gasteiger partial charge is 0.310 e. The van der Waals surface area contributed by atoms with Gasteiger partial charge >= 0.3 is 5.97 Å². The van der Waals surface area contributed by atoms with Gasteiger partial charge in [0.1, 0.15) is 5.82 Å². The largest absolute Gasteiger partial charge is 0.466 e. The van der Waals surface area contributed by atoms with Crippen molar-refractivity contribution in [3.8, 4) is 11.3 Å². The Hall–Kier alpha value is -3.23. The summed E-state index contributed by atoms with van der Waals surface area (Å²) in [5.41, 5.74) is 16.4. The molecule has 0 aliphatic carbocycles. The van der Waals surface area contributed by atoms with Crippen molar-refractivity contribution in [2.75, 3.05) is 23.8 Å². The molecule has 9 heteroatoms. The summed E-state index contributed by atoms with van der Waals surface area (Å²) in [6, 6.07) is 13.8. The third-order valence-electron chi connectivity index (χ3n) is 5.93. The molecule has 1 atom stereocenters. The topological polar surface area (TPSA) is 109 Å². The molecular weight excluding hydrogens is 470 g/mol. The SMILES string of the molecule is CCOC(=O)Cc1cn(CC2CSc3ccc(Cl)cc32)c2cc(-c3cc(N)nc(N)n3)ccc12. The lowest BCUT2D eigenvalue weighted by Crippen LogP contribution is -2.09. The van der Waals surface area contributed by atoms with Gasteiger partial charge in [-0.2, -0.15) is 4.98 Å². The van der Waals surface area contributed by atoms with Crippen LogP contribution in [0.1, 0.15) is 24.0 Å². The zero-order valence-corrected chi connectivity index (χ0v) is 20.2. The van der Waals surface area contributed by atoms with Crippen LogP contribution in [0.25, 0.3) is 22.2 Å². The minimum absolute atomic E-state index is 0.130. The Balaban J connectivity index is 1.58. The molecule has 0 saturated heterocycles. The summed E-state index contributed by atoms with van der Waals surface area (Å²) in [4.78, 5) is 21.9. The average molecular weight is 494 g/mol. The molecule has 0 bridgehead atoms. The van der Waals surface area contributed by atoms with Crippen molar-refractivity contribution in [2.24, 2.45) is 0 Å². The lowest BCUT2D eigenvalue weighted by molar-refractivity contribution is -0.142. The highest BCUT2D eigenvalue weighted by Gasteiger charge is 2.25. The summed E-state index contributed by atoms with van der Waals surface area (Å²) in [5, 5.41) is 1.75. The number of ether oxygens (including phenoxy) is 1. The molecule has 0 fully saturated rings. The first-order valence-corrected chi connectivity index (χ1v) is 12.4. The molecule has 0 saturated carbocycles. The number of hydrogen-bond acceptors (Lipinski definition) is 7. The molecule has 34 heavy (non-hydrogen) atoms. The number of esters is 1. The summed E-state index contributed by atoms with van der Waals surface area (Å²) in [6.45, 7) is 2.93. The molecule has 1 unspecified atom stereocenters. The standard InChI is InChI=1S/C25H24ClN5O2S/c1-2-33-24(32)8-15-11-31(12-16-13-34-22-6-4-17(26)9-19(16)22)21-7-14(3-5-18(15)21)20-10-23(27)30-25(28)29-20/h3-7,9-11,16H,2,8,12-13H2,1H3,(H4,27,28,29,30). The van der Waals surface area contributed by atoms with Crippen LogP contribution in [-0.4, -0.2) is 32.9 Å². The number of nitrogens with zero attached hydrogens (tertiary/aromatic N) is 3. The fourth-order valence-electron chi connectivity index (χ4n) is 4.46. The van der Waals surface area contributed by atoms with Crippen LogP contribution in [-0.2, 0) is 22.5 Å². The maximum atomic E-state index is 12.3. The fraction of sp³-hybridized carbons (Fsp3) is 0.240. The van der Waals surface area contributed by atoms with Crippen LogP contribution in [0.3, 0.4) is 0 Å². The van der Waals surface area contributed by atoms with Gasteiger partial charge in [-0.15, -0.1) is 11.8 Å². The molecule has 174 valence electrons. The Morgan fingerprint density at radius 1 is 1.21 bits per heavy atom. The van der Waals surface area contributed by atoms with E-state index in [2.05, 4.69) is 38.9 Å². The molecule has 0 spiro atoms. The van der Waals surface area contributed by atoms with Crippen LogP contribution in [0, 0.1) is 0 Å². The molecule has 0 amide bonds. The molecule has 1 aliphatic rings. The van der Waals surface area contributed by atoms with Gasteiger partial charge in [0.25, 0.3) is 0 Å². The predicted octanol–water partition coefficient (Wildman–Crippen LogP) is 4.91. The summed E-state index contributed by atoms with van der Waals surface area (Å²) >= 11 is 8.14. The van der Waals surface area contributed by atoms with Gasteiger partial charge in [-0.1, -0.05) is 23.7 Å². The Bertz CT molecular complexity index is 1380. The molecule has 2 aromatic heterocycles. The Morgan fingerprint density at radius 2 is 2.06 bits per heavy atom. The quantitative estimate of drug-likeness (QED) is 0.367. The van der Waals surface area contributed by atoms with Crippen LogP contribution in [0.15, 0.2) is 53.6 Å². The molecule has 4 aromatic rings. The highest BCUT2D eigenvalue weighted by molar-refractivity contribution is 7.99. The minimum Gasteiger partial charge on any atom is -0.466 e. The zero-order valence-electron chi connectivity index (χ0n) is 18.6. The van der Waals surface area contributed by atoms with Crippen molar-refractivity contribution >= 4 is 52.0 Å². The third kappa shape index (κ3) is 4.43. The second-order valence-electron chi connectivity index (χ2n) is 8.25. The van der Waals surface area contributed by atoms with Crippen molar-refractivity contribution in [3.05, 3.63) is 64.8 Å². The number of carbonyl (C=O) groups is 1. The van der Waals surface area contributed by atoms with Gasteiger partial charge in [0.2, 0.25) is 5.95 Å². The number of nitrogens with two attached hydrogens (primary N) is 2. The van der Waals surface area contributed by atoms with E-state index in [0.717, 1.165) is 39.4 Å². The number of rotatable bonds is 6. The molecule has 1 aliphatic heterocycles. The number of hydrogen-bond donors (Lipinski definition) is 2. The van der Waals surface area contributed by atoms with Gasteiger partial charge in [-0.25, -0.2) is 4.98 Å². The van der Waals surface area contributed by atoms with E-state index in [0.29, 0.717) is 24.0 Å². The van der Waals surface area contributed by atoms with E-state index < -0.39 is 0 Å². The number of fused-ring (bicyclic) bond motifs is 2. The lowest BCUT2D eigenvalue weighted by Gasteiger charge is -2.14. The molecular formula is C25H24ClN5O2S. The molecule has 2 aromatic carbocycles. The van der Waals surface area contributed by atoms with E-state index in [1.165, 1.54) is 10.5 Å². The summed E-state index contributed by atoms with van der Waals surface area (Å²) in [7, 11) is 0. The van der Waals surface area contributed by atoms with Crippen LogP contribution < -0.4 is 11.5 Å². The van der Waals surface area contributed by atoms with E-state index in [-0.39, 0.29) is 18.3 Å². The van der Waals surface area contributed by atoms with Gasteiger partial charge in [-0.05, 0) is 42.3 Å². The fourth-order valence-corrected chi connectivity index (χ4v) is 5.86. The van der Waals surface area contributed by atoms with E-state index >= 15 is 0 Å². The van der Waals surface area contributed by atoms with Crippen molar-refractivity contribution in [2.45, 2.75) is 30.7 Å². The highest BCUT2D eigenvalue weighted by atomic mass is 35.5. The number of nitrogen functional groups attached to an aromatic ring is 2. The predicted molar refractivity (Wildman–Crippen MR) is 137 cm³/mol. The van der Waals surface area contributed by atoms with Crippen molar-refractivity contribution in [3.63, 3.8) is 0 Å². The lowest BCUT2D eigenvalue weighted by atomic mass is 10.0.